The fourth-order valence-electron chi connectivity index (χ4n) is 3.39. The summed E-state index contributed by atoms with van der Waals surface area (Å²) in [5, 5.41) is 9.17. The Bertz CT molecular complexity index is 1300. The summed E-state index contributed by atoms with van der Waals surface area (Å²) in [6.07, 6.45) is 3.15. The highest BCUT2D eigenvalue weighted by Crippen LogP contribution is 2.41. The molecule has 138 valence electrons. The maximum atomic E-state index is 13.7. The van der Waals surface area contributed by atoms with Crippen LogP contribution in [0.5, 0.6) is 0 Å². The summed E-state index contributed by atoms with van der Waals surface area (Å²) < 4.78 is 19.5. The van der Waals surface area contributed by atoms with E-state index in [-0.39, 0.29) is 22.3 Å². The number of hydrogen-bond acceptors (Lipinski definition) is 7. The van der Waals surface area contributed by atoms with Gasteiger partial charge in [0, 0.05) is 12.4 Å². The van der Waals surface area contributed by atoms with Crippen LogP contribution in [0.3, 0.4) is 0 Å². The number of pyridine rings is 1. The summed E-state index contributed by atoms with van der Waals surface area (Å²) in [5.41, 5.74) is 0.525. The van der Waals surface area contributed by atoms with Crippen LogP contribution in [0, 0.1) is 12.7 Å². The van der Waals surface area contributed by atoms with Crippen LogP contribution in [0.4, 0.5) is 9.52 Å². The Labute approximate surface area is 161 Å². The van der Waals surface area contributed by atoms with Crippen molar-refractivity contribution in [2.45, 2.75) is 13.0 Å². The molecule has 0 saturated heterocycles. The van der Waals surface area contributed by atoms with Gasteiger partial charge in [0.25, 0.3) is 5.91 Å². The first-order chi connectivity index (χ1) is 13.5. The first-order valence-corrected chi connectivity index (χ1v) is 9.16. The second-order valence-electron chi connectivity index (χ2n) is 6.28. The highest BCUT2D eigenvalue weighted by atomic mass is 32.1. The minimum absolute atomic E-state index is 0.0706. The molecule has 1 amide bonds. The first-order valence-electron chi connectivity index (χ1n) is 8.34. The highest BCUT2D eigenvalue weighted by Gasteiger charge is 2.45. The van der Waals surface area contributed by atoms with Crippen LogP contribution >= 0.6 is 11.3 Å². The van der Waals surface area contributed by atoms with Gasteiger partial charge >= 0.3 is 0 Å². The summed E-state index contributed by atoms with van der Waals surface area (Å²) in [6, 6.07) is 6.31. The second-order valence-corrected chi connectivity index (χ2v) is 7.44. The molecule has 3 aromatic heterocycles. The summed E-state index contributed by atoms with van der Waals surface area (Å²) in [5.74, 6) is -1.11. The Kier molecular flexibility index (Phi) is 3.59. The van der Waals surface area contributed by atoms with Gasteiger partial charge in [0.1, 0.15) is 16.4 Å². The van der Waals surface area contributed by atoms with Crippen LogP contribution in [0.1, 0.15) is 32.7 Å². The smallest absolute Gasteiger partial charge is 0.297 e. The van der Waals surface area contributed by atoms with Crippen LogP contribution in [0.2, 0.25) is 0 Å². The van der Waals surface area contributed by atoms with Crippen LogP contribution in [-0.4, -0.2) is 21.1 Å². The van der Waals surface area contributed by atoms with E-state index in [1.807, 2.05) is 0 Å². The van der Waals surface area contributed by atoms with E-state index < -0.39 is 23.2 Å². The Balaban J connectivity index is 1.84. The Morgan fingerprint density at radius 3 is 2.64 bits per heavy atom. The molecule has 0 spiro atoms. The van der Waals surface area contributed by atoms with E-state index in [9.17, 15) is 14.0 Å². The van der Waals surface area contributed by atoms with Crippen molar-refractivity contribution in [1.29, 1.82) is 0 Å². The van der Waals surface area contributed by atoms with Gasteiger partial charge in [0.2, 0.25) is 10.9 Å². The van der Waals surface area contributed by atoms with E-state index in [1.165, 1.54) is 28.4 Å². The topological polar surface area (TPSA) is 89.2 Å². The summed E-state index contributed by atoms with van der Waals surface area (Å²) >= 11 is 1.23. The lowest BCUT2D eigenvalue weighted by atomic mass is 10.00. The number of nitrogens with zero attached hydrogens (tertiary/aromatic N) is 4. The average molecular weight is 394 g/mol. The molecule has 1 aliphatic heterocycles. The predicted molar refractivity (Wildman–Crippen MR) is 100.0 cm³/mol. The molecule has 28 heavy (non-hydrogen) atoms. The molecule has 0 saturated carbocycles. The van der Waals surface area contributed by atoms with Crippen LogP contribution < -0.4 is 10.3 Å². The molecule has 5 rings (SSSR count). The van der Waals surface area contributed by atoms with Crippen molar-refractivity contribution >= 4 is 33.3 Å². The van der Waals surface area contributed by atoms with Gasteiger partial charge in [0.15, 0.2) is 5.43 Å². The lowest BCUT2D eigenvalue weighted by Gasteiger charge is -2.21. The zero-order valence-electron chi connectivity index (χ0n) is 14.4. The van der Waals surface area contributed by atoms with Crippen LogP contribution in [0.25, 0.3) is 11.0 Å². The van der Waals surface area contributed by atoms with Crippen molar-refractivity contribution in [3.63, 3.8) is 0 Å². The Morgan fingerprint density at radius 2 is 1.93 bits per heavy atom. The molecule has 1 aromatic carbocycles. The molecule has 0 fully saturated rings. The van der Waals surface area contributed by atoms with Gasteiger partial charge in [-0.25, -0.2) is 4.39 Å². The zero-order valence-corrected chi connectivity index (χ0v) is 15.2. The van der Waals surface area contributed by atoms with Crippen molar-refractivity contribution in [3.8, 4) is 0 Å². The van der Waals surface area contributed by atoms with E-state index in [1.54, 1.807) is 31.5 Å². The summed E-state index contributed by atoms with van der Waals surface area (Å²) in [7, 11) is 0. The normalized spacial score (nSPS) is 16.0. The third-order valence-corrected chi connectivity index (χ3v) is 5.41. The average Bonchev–Trinajstić information content (AvgIpc) is 3.24. The van der Waals surface area contributed by atoms with E-state index in [4.69, 9.17) is 4.42 Å². The van der Waals surface area contributed by atoms with Crippen LogP contribution in [-0.2, 0) is 0 Å². The van der Waals surface area contributed by atoms with Gasteiger partial charge in [-0.05, 0) is 42.8 Å². The fraction of sp³-hybridized carbons (Fsp3) is 0.105. The number of fused-ring (bicyclic) bond motifs is 2. The van der Waals surface area contributed by atoms with Crippen molar-refractivity contribution in [1.82, 2.24) is 15.2 Å². The SMILES string of the molecule is Cc1nnc(N2C(=O)c3oc4ccc(F)cc4c(=O)c3C2c2ccncc2)s1. The zero-order chi connectivity index (χ0) is 19.4. The predicted octanol–water partition coefficient (Wildman–Crippen LogP) is 3.24. The number of hydrogen-bond donors (Lipinski definition) is 0. The molecule has 0 aliphatic carbocycles. The van der Waals surface area contributed by atoms with Gasteiger partial charge < -0.3 is 4.42 Å². The number of benzene rings is 1. The maximum absolute atomic E-state index is 13.7. The maximum Gasteiger partial charge on any atom is 0.297 e. The number of carbonyl (C=O) groups excluding carboxylic acids is 1. The van der Waals surface area contributed by atoms with Crippen molar-refractivity contribution in [3.05, 3.63) is 80.7 Å². The number of aryl methyl sites for hydroxylation is 1. The molecule has 4 heterocycles. The van der Waals surface area contributed by atoms with E-state index >= 15 is 0 Å². The minimum Gasteiger partial charge on any atom is -0.450 e. The van der Waals surface area contributed by atoms with Crippen LogP contribution in [0.15, 0.2) is 51.9 Å². The molecule has 1 atom stereocenters. The van der Waals surface area contributed by atoms with Gasteiger partial charge in [-0.1, -0.05) is 11.3 Å². The molecule has 0 radical (unpaired) electrons. The number of anilines is 1. The quantitative estimate of drug-likeness (QED) is 0.519. The molecule has 9 heteroatoms. The van der Waals surface area contributed by atoms with Gasteiger partial charge in [0.05, 0.1) is 17.0 Å². The highest BCUT2D eigenvalue weighted by molar-refractivity contribution is 7.15. The lowest BCUT2D eigenvalue weighted by molar-refractivity contribution is 0.0970. The molecular weight excluding hydrogens is 383 g/mol. The Morgan fingerprint density at radius 1 is 1.14 bits per heavy atom. The number of amides is 1. The van der Waals surface area contributed by atoms with Gasteiger partial charge in [-0.2, -0.15) is 0 Å². The summed E-state index contributed by atoms with van der Waals surface area (Å²) in [6.45, 7) is 1.77. The molecule has 0 N–H and O–H groups in total. The number of carbonyl (C=O) groups is 1. The molecular formula is C19H11FN4O3S. The number of rotatable bonds is 2. The van der Waals surface area contributed by atoms with Crippen molar-refractivity contribution < 1.29 is 13.6 Å². The lowest BCUT2D eigenvalue weighted by Crippen LogP contribution is -2.29. The monoisotopic (exact) mass is 394 g/mol. The summed E-state index contributed by atoms with van der Waals surface area (Å²) in [4.78, 5) is 31.8. The Hall–Kier alpha value is -3.46. The van der Waals surface area contributed by atoms with Gasteiger partial charge in [-0.15, -0.1) is 10.2 Å². The molecule has 0 bridgehead atoms. The molecule has 7 nitrogen and oxygen atoms in total. The molecule has 4 aromatic rings. The number of aromatic nitrogens is 3. The van der Waals surface area contributed by atoms with Crippen molar-refractivity contribution in [2.24, 2.45) is 0 Å². The van der Waals surface area contributed by atoms with E-state index in [0.717, 1.165) is 6.07 Å². The van der Waals surface area contributed by atoms with Gasteiger partial charge in [-0.3, -0.25) is 19.5 Å². The third kappa shape index (κ3) is 2.36. The largest absolute Gasteiger partial charge is 0.450 e. The van der Waals surface area contributed by atoms with Crippen molar-refractivity contribution in [2.75, 3.05) is 4.90 Å². The van der Waals surface area contributed by atoms with E-state index in [2.05, 4.69) is 15.2 Å². The third-order valence-electron chi connectivity index (χ3n) is 4.58. The molecule has 1 unspecified atom stereocenters. The minimum atomic E-state index is -0.762. The first kappa shape index (κ1) is 16.7. The second kappa shape index (κ2) is 6.03. The van der Waals surface area contributed by atoms with E-state index in [0.29, 0.717) is 15.7 Å². The molecule has 1 aliphatic rings. The fourth-order valence-corrected chi connectivity index (χ4v) is 4.10. The standard InChI is InChI=1S/C19H11FN4O3S/c1-9-22-23-19(28-9)24-15(10-4-6-21-7-5-10)14-16(25)12-8-11(20)2-3-13(12)27-17(14)18(24)26/h2-8,15H,1H3. The number of halogens is 1.